The van der Waals surface area contributed by atoms with Crippen molar-refractivity contribution < 1.29 is 14.6 Å². The van der Waals surface area contributed by atoms with Gasteiger partial charge in [0.05, 0.1) is 16.2 Å². The summed E-state index contributed by atoms with van der Waals surface area (Å²) in [5, 5.41) is 14.4. The van der Waals surface area contributed by atoms with E-state index in [1.165, 1.54) is 18.2 Å². The summed E-state index contributed by atoms with van der Waals surface area (Å²) in [5.74, 6) is -0.750. The van der Waals surface area contributed by atoms with Crippen molar-refractivity contribution in [2.75, 3.05) is 0 Å². The van der Waals surface area contributed by atoms with E-state index in [2.05, 4.69) is 21.1 Å². The highest BCUT2D eigenvalue weighted by molar-refractivity contribution is 9.10. The topological polar surface area (TPSA) is 81.8 Å². The van der Waals surface area contributed by atoms with Gasteiger partial charge in [0.2, 0.25) is 0 Å². The average molecular weight is 363 g/mol. The van der Waals surface area contributed by atoms with Crippen LogP contribution in [0.3, 0.4) is 0 Å². The number of nitrogens with zero attached hydrogens (tertiary/aromatic N) is 2. The molecule has 0 unspecified atom stereocenters. The number of hydrogen-bond acceptors (Lipinski definition) is 5. The van der Waals surface area contributed by atoms with Crippen molar-refractivity contribution in [1.29, 1.82) is 0 Å². The minimum Gasteiger partial charge on any atom is -0.313 e. The maximum Gasteiger partial charge on any atom is 0.365 e. The third kappa shape index (κ3) is 3.98. The lowest BCUT2D eigenvalue weighted by atomic mass is 10.1. The minimum absolute atomic E-state index is 0.0709. The molecule has 22 heavy (non-hydrogen) atoms. The quantitative estimate of drug-likeness (QED) is 0.357. The van der Waals surface area contributed by atoms with Crippen LogP contribution in [-0.2, 0) is 4.84 Å². The van der Waals surface area contributed by atoms with Crippen molar-refractivity contribution >= 4 is 33.3 Å². The molecule has 0 radical (unpaired) electrons. The Bertz CT molecular complexity index is 741. The van der Waals surface area contributed by atoms with Gasteiger partial charge in [0.15, 0.2) is 0 Å². The average Bonchev–Trinajstić information content (AvgIpc) is 2.53. The molecule has 0 aromatic heterocycles. The second-order valence-electron chi connectivity index (χ2n) is 4.37. The van der Waals surface area contributed by atoms with E-state index in [0.717, 1.165) is 16.1 Å². The molecule has 0 spiro atoms. The van der Waals surface area contributed by atoms with E-state index in [1.807, 2.05) is 24.3 Å². The van der Waals surface area contributed by atoms with Gasteiger partial charge >= 0.3 is 5.97 Å². The molecule has 0 fully saturated rings. The number of carbonyl (C=O) groups is 1. The highest BCUT2D eigenvalue weighted by atomic mass is 79.9. The van der Waals surface area contributed by atoms with Gasteiger partial charge in [-0.15, -0.1) is 0 Å². The fourth-order valence-electron chi connectivity index (χ4n) is 1.65. The Morgan fingerprint density at radius 2 is 1.86 bits per heavy atom. The zero-order valence-electron chi connectivity index (χ0n) is 11.5. The van der Waals surface area contributed by atoms with E-state index in [-0.39, 0.29) is 11.3 Å². The first kappa shape index (κ1) is 15.8. The maximum absolute atomic E-state index is 11.8. The summed E-state index contributed by atoms with van der Waals surface area (Å²) in [6, 6.07) is 12.6. The number of halogens is 1. The number of carbonyl (C=O) groups excluding carboxylic acids is 1. The van der Waals surface area contributed by atoms with Gasteiger partial charge in [-0.3, -0.25) is 10.1 Å². The molecule has 2 rings (SSSR count). The van der Waals surface area contributed by atoms with Gasteiger partial charge in [0.1, 0.15) is 0 Å². The Labute approximate surface area is 134 Å². The standard InChI is InChI=1S/C15H11BrN2O4/c1-10(11-5-7-13(16)8-6-11)17-22-15(19)12-3-2-4-14(9-12)18(20)21/h2-9H,1H3. The molecule has 0 N–H and O–H groups in total. The number of non-ortho nitro benzene ring substituents is 1. The smallest absolute Gasteiger partial charge is 0.313 e. The summed E-state index contributed by atoms with van der Waals surface area (Å²) in [6.45, 7) is 1.70. The first-order chi connectivity index (χ1) is 10.5. The van der Waals surface area contributed by atoms with Crippen LogP contribution in [0.25, 0.3) is 0 Å². The van der Waals surface area contributed by atoms with Crippen LogP contribution in [-0.4, -0.2) is 16.6 Å². The lowest BCUT2D eigenvalue weighted by Crippen LogP contribution is -2.04. The van der Waals surface area contributed by atoms with Crippen LogP contribution in [0, 0.1) is 10.1 Å². The normalized spacial score (nSPS) is 11.1. The summed E-state index contributed by atoms with van der Waals surface area (Å²) < 4.78 is 0.928. The summed E-state index contributed by atoms with van der Waals surface area (Å²) in [6.07, 6.45) is 0. The number of nitro groups is 1. The van der Waals surface area contributed by atoms with Crippen molar-refractivity contribution in [2.24, 2.45) is 5.16 Å². The number of rotatable bonds is 4. The molecule has 0 aliphatic heterocycles. The van der Waals surface area contributed by atoms with Crippen molar-refractivity contribution in [3.63, 3.8) is 0 Å². The maximum atomic E-state index is 11.8. The second kappa shape index (κ2) is 6.95. The Balaban J connectivity index is 2.11. The molecular weight excluding hydrogens is 352 g/mol. The van der Waals surface area contributed by atoms with E-state index >= 15 is 0 Å². The van der Waals surface area contributed by atoms with Crippen LogP contribution >= 0.6 is 15.9 Å². The fraction of sp³-hybridized carbons (Fsp3) is 0.0667. The Morgan fingerprint density at radius 1 is 1.18 bits per heavy atom. The molecule has 2 aromatic rings. The third-order valence-electron chi connectivity index (χ3n) is 2.82. The largest absolute Gasteiger partial charge is 0.365 e. The third-order valence-corrected chi connectivity index (χ3v) is 3.35. The summed E-state index contributed by atoms with van der Waals surface area (Å²) in [5.41, 5.74) is 1.21. The molecule has 0 amide bonds. The molecule has 0 aliphatic rings. The first-order valence-electron chi connectivity index (χ1n) is 6.23. The SMILES string of the molecule is CC(=NOC(=O)c1cccc([N+](=O)[O-])c1)c1ccc(Br)cc1. The fourth-order valence-corrected chi connectivity index (χ4v) is 1.92. The summed E-state index contributed by atoms with van der Waals surface area (Å²) in [7, 11) is 0. The zero-order chi connectivity index (χ0) is 16.1. The summed E-state index contributed by atoms with van der Waals surface area (Å²) >= 11 is 3.33. The number of oxime groups is 1. The van der Waals surface area contributed by atoms with Crippen molar-refractivity contribution in [2.45, 2.75) is 6.92 Å². The highest BCUT2D eigenvalue weighted by Gasteiger charge is 2.13. The lowest BCUT2D eigenvalue weighted by molar-refractivity contribution is -0.384. The van der Waals surface area contributed by atoms with Crippen molar-refractivity contribution in [3.8, 4) is 0 Å². The molecule has 6 nitrogen and oxygen atoms in total. The monoisotopic (exact) mass is 362 g/mol. The highest BCUT2D eigenvalue weighted by Crippen LogP contribution is 2.15. The van der Waals surface area contributed by atoms with E-state index < -0.39 is 10.9 Å². The van der Waals surface area contributed by atoms with Gasteiger partial charge in [-0.1, -0.05) is 39.3 Å². The predicted octanol–water partition coefficient (Wildman–Crippen LogP) is 3.94. The van der Waals surface area contributed by atoms with Gasteiger partial charge < -0.3 is 4.84 Å². The van der Waals surface area contributed by atoms with Crippen LogP contribution in [0.4, 0.5) is 5.69 Å². The number of nitro benzene ring substituents is 1. The van der Waals surface area contributed by atoms with Gasteiger partial charge in [0, 0.05) is 16.6 Å². The predicted molar refractivity (Wildman–Crippen MR) is 84.9 cm³/mol. The molecule has 0 atom stereocenters. The van der Waals surface area contributed by atoms with Crippen LogP contribution in [0.2, 0.25) is 0 Å². The van der Waals surface area contributed by atoms with E-state index in [1.54, 1.807) is 6.92 Å². The molecule has 7 heteroatoms. The molecule has 0 bridgehead atoms. The van der Waals surface area contributed by atoms with Crippen LogP contribution in [0.5, 0.6) is 0 Å². The van der Waals surface area contributed by atoms with Crippen molar-refractivity contribution in [3.05, 3.63) is 74.2 Å². The van der Waals surface area contributed by atoms with E-state index in [4.69, 9.17) is 4.84 Å². The molecule has 0 saturated heterocycles. The zero-order valence-corrected chi connectivity index (χ0v) is 13.1. The first-order valence-corrected chi connectivity index (χ1v) is 7.03. The molecule has 2 aromatic carbocycles. The second-order valence-corrected chi connectivity index (χ2v) is 5.29. The van der Waals surface area contributed by atoms with Gasteiger partial charge in [-0.25, -0.2) is 4.79 Å². The molecular formula is C15H11BrN2O4. The van der Waals surface area contributed by atoms with Gasteiger partial charge in [-0.05, 0) is 30.7 Å². The minimum atomic E-state index is -0.750. The Morgan fingerprint density at radius 3 is 2.50 bits per heavy atom. The molecule has 0 heterocycles. The van der Waals surface area contributed by atoms with Crippen LogP contribution < -0.4 is 0 Å². The number of benzene rings is 2. The van der Waals surface area contributed by atoms with Gasteiger partial charge in [0.25, 0.3) is 5.69 Å². The Kier molecular flexibility index (Phi) is 5.00. The lowest BCUT2D eigenvalue weighted by Gasteiger charge is -2.02. The van der Waals surface area contributed by atoms with E-state index in [0.29, 0.717) is 5.71 Å². The summed E-state index contributed by atoms with van der Waals surface area (Å²) in [4.78, 5) is 26.8. The van der Waals surface area contributed by atoms with Gasteiger partial charge in [-0.2, -0.15) is 0 Å². The molecule has 0 aliphatic carbocycles. The molecule has 112 valence electrons. The Hall–Kier alpha value is -2.54. The molecule has 0 saturated carbocycles. The van der Waals surface area contributed by atoms with Crippen LogP contribution in [0.1, 0.15) is 22.8 Å². The van der Waals surface area contributed by atoms with E-state index in [9.17, 15) is 14.9 Å². The van der Waals surface area contributed by atoms with Crippen molar-refractivity contribution in [1.82, 2.24) is 0 Å². The van der Waals surface area contributed by atoms with Crippen LogP contribution in [0.15, 0.2) is 58.2 Å². The number of hydrogen-bond donors (Lipinski definition) is 0.